The molecule has 0 saturated heterocycles. The molecule has 2 fully saturated rings. The van der Waals surface area contributed by atoms with Gasteiger partial charge in [0.15, 0.2) is 0 Å². The molecule has 4 unspecified atom stereocenters. The molecule has 2 aliphatic rings. The highest BCUT2D eigenvalue weighted by Gasteiger charge is 2.44. The van der Waals surface area contributed by atoms with E-state index in [1.54, 1.807) is 0 Å². The number of hydrogen-bond donors (Lipinski definition) is 1. The highest BCUT2D eigenvalue weighted by molar-refractivity contribution is 5.13. The quantitative estimate of drug-likeness (QED) is 0.635. The van der Waals surface area contributed by atoms with Gasteiger partial charge in [0.05, 0.1) is 0 Å². The van der Waals surface area contributed by atoms with Crippen molar-refractivity contribution in [3.8, 4) is 0 Å². The monoisotopic (exact) mass is 165 g/mol. The molecule has 0 aromatic heterocycles. The zero-order valence-corrected chi connectivity index (χ0v) is 7.92. The molecule has 0 aliphatic heterocycles. The number of rotatable bonds is 4. The first-order chi connectivity index (χ1) is 5.72. The van der Waals surface area contributed by atoms with Crippen LogP contribution in [0.3, 0.4) is 0 Å². The molecule has 0 spiro atoms. The minimum atomic E-state index is 0.696. The third kappa shape index (κ3) is 1.56. The molecule has 0 aromatic carbocycles. The molecular formula is C11H19N. The van der Waals surface area contributed by atoms with Crippen LogP contribution in [0.5, 0.6) is 0 Å². The van der Waals surface area contributed by atoms with Gasteiger partial charge in [-0.05, 0) is 42.9 Å². The average Bonchev–Trinajstić information content (AvgIpc) is 2.92. The first-order valence-electron chi connectivity index (χ1n) is 5.10. The number of hydrogen-bond acceptors (Lipinski definition) is 1. The van der Waals surface area contributed by atoms with Crippen LogP contribution in [0.4, 0.5) is 0 Å². The highest BCUT2D eigenvalue weighted by Crippen LogP contribution is 2.53. The van der Waals surface area contributed by atoms with Gasteiger partial charge in [0.2, 0.25) is 0 Å². The molecule has 4 atom stereocenters. The molecule has 0 aromatic rings. The minimum absolute atomic E-state index is 0.696. The van der Waals surface area contributed by atoms with Gasteiger partial charge in [-0.2, -0.15) is 0 Å². The summed E-state index contributed by atoms with van der Waals surface area (Å²) in [6, 6.07) is 0. The molecule has 1 heteroatoms. The first kappa shape index (κ1) is 8.31. The van der Waals surface area contributed by atoms with Crippen LogP contribution in [0.2, 0.25) is 0 Å². The molecular weight excluding hydrogens is 146 g/mol. The van der Waals surface area contributed by atoms with Crippen molar-refractivity contribution in [3.05, 3.63) is 12.2 Å². The smallest absolute Gasteiger partial charge is 0.0137 e. The fourth-order valence-corrected chi connectivity index (χ4v) is 2.28. The van der Waals surface area contributed by atoms with Crippen molar-refractivity contribution in [1.82, 2.24) is 0 Å². The van der Waals surface area contributed by atoms with Gasteiger partial charge in [0.1, 0.15) is 0 Å². The molecule has 2 N–H and O–H groups in total. The van der Waals surface area contributed by atoms with Crippen LogP contribution in [0.25, 0.3) is 0 Å². The lowest BCUT2D eigenvalue weighted by Gasteiger charge is -2.00. The molecule has 1 nitrogen and oxygen atoms in total. The van der Waals surface area contributed by atoms with E-state index in [4.69, 9.17) is 5.73 Å². The van der Waals surface area contributed by atoms with Gasteiger partial charge in [-0.15, -0.1) is 0 Å². The summed E-state index contributed by atoms with van der Waals surface area (Å²) in [6.45, 7) is 7.06. The standard InChI is InChI=1S/C11H19N/c1-7-3-9(7)4-10-5-11(10)8(2)6-12/h7,9-11H,2-6,12H2,1H3. The van der Waals surface area contributed by atoms with Crippen LogP contribution >= 0.6 is 0 Å². The SMILES string of the molecule is C=C(CN)C1CC1CC1CC1C. The molecule has 68 valence electrons. The van der Waals surface area contributed by atoms with Crippen LogP contribution in [0.15, 0.2) is 12.2 Å². The van der Waals surface area contributed by atoms with Gasteiger partial charge < -0.3 is 5.73 Å². The van der Waals surface area contributed by atoms with Crippen LogP contribution in [0, 0.1) is 23.7 Å². The Morgan fingerprint density at radius 1 is 1.42 bits per heavy atom. The predicted molar refractivity (Wildman–Crippen MR) is 51.7 cm³/mol. The summed E-state index contributed by atoms with van der Waals surface area (Å²) in [4.78, 5) is 0. The molecule has 0 heterocycles. The summed E-state index contributed by atoms with van der Waals surface area (Å²) >= 11 is 0. The lowest BCUT2D eigenvalue weighted by Crippen LogP contribution is -2.04. The summed E-state index contributed by atoms with van der Waals surface area (Å²) in [5.74, 6) is 3.81. The van der Waals surface area contributed by atoms with Crippen LogP contribution < -0.4 is 5.73 Å². The number of nitrogens with two attached hydrogens (primary N) is 1. The van der Waals surface area contributed by atoms with Crippen LogP contribution in [-0.2, 0) is 0 Å². The molecule has 0 bridgehead atoms. The van der Waals surface area contributed by atoms with Crippen molar-refractivity contribution < 1.29 is 0 Å². The van der Waals surface area contributed by atoms with E-state index in [1.165, 1.54) is 24.8 Å². The maximum absolute atomic E-state index is 5.55. The summed E-state index contributed by atoms with van der Waals surface area (Å²) in [6.07, 6.45) is 4.29. The predicted octanol–water partition coefficient (Wildman–Crippen LogP) is 2.18. The van der Waals surface area contributed by atoms with E-state index in [-0.39, 0.29) is 0 Å². The second kappa shape index (κ2) is 2.88. The molecule has 2 rings (SSSR count). The summed E-state index contributed by atoms with van der Waals surface area (Å²) < 4.78 is 0. The highest BCUT2D eigenvalue weighted by atomic mass is 14.6. The summed E-state index contributed by atoms with van der Waals surface area (Å²) in [5.41, 5.74) is 6.83. The zero-order chi connectivity index (χ0) is 8.72. The molecule has 2 saturated carbocycles. The normalized spacial score (nSPS) is 44.2. The average molecular weight is 165 g/mol. The Bertz CT molecular complexity index is 197. The topological polar surface area (TPSA) is 26.0 Å². The Labute approximate surface area is 75.0 Å². The van der Waals surface area contributed by atoms with Crippen LogP contribution in [-0.4, -0.2) is 6.54 Å². The van der Waals surface area contributed by atoms with Crippen molar-refractivity contribution in [2.24, 2.45) is 29.4 Å². The molecule has 2 aliphatic carbocycles. The fraction of sp³-hybridized carbons (Fsp3) is 0.818. The van der Waals surface area contributed by atoms with E-state index in [2.05, 4.69) is 13.5 Å². The lowest BCUT2D eigenvalue weighted by molar-refractivity contribution is 0.590. The van der Waals surface area contributed by atoms with Gasteiger partial charge >= 0.3 is 0 Å². The van der Waals surface area contributed by atoms with Crippen molar-refractivity contribution >= 4 is 0 Å². The second-order valence-corrected chi connectivity index (χ2v) is 4.67. The summed E-state index contributed by atoms with van der Waals surface area (Å²) in [7, 11) is 0. The van der Waals surface area contributed by atoms with Crippen molar-refractivity contribution in [2.75, 3.05) is 6.54 Å². The first-order valence-corrected chi connectivity index (χ1v) is 5.10. The van der Waals surface area contributed by atoms with Crippen molar-refractivity contribution in [1.29, 1.82) is 0 Å². The molecule has 12 heavy (non-hydrogen) atoms. The third-order valence-electron chi connectivity index (χ3n) is 3.59. The molecule has 0 radical (unpaired) electrons. The zero-order valence-electron chi connectivity index (χ0n) is 7.92. The van der Waals surface area contributed by atoms with Gasteiger partial charge in [0.25, 0.3) is 0 Å². The van der Waals surface area contributed by atoms with Gasteiger partial charge in [-0.25, -0.2) is 0 Å². The van der Waals surface area contributed by atoms with E-state index < -0.39 is 0 Å². The van der Waals surface area contributed by atoms with Crippen molar-refractivity contribution in [2.45, 2.75) is 26.2 Å². The lowest BCUT2D eigenvalue weighted by atomic mass is 10.1. The van der Waals surface area contributed by atoms with E-state index >= 15 is 0 Å². The third-order valence-corrected chi connectivity index (χ3v) is 3.59. The molecule has 0 amide bonds. The van der Waals surface area contributed by atoms with Gasteiger partial charge in [-0.1, -0.05) is 19.1 Å². The Balaban J connectivity index is 1.70. The maximum atomic E-state index is 5.55. The Hall–Kier alpha value is -0.300. The maximum Gasteiger partial charge on any atom is 0.0137 e. The van der Waals surface area contributed by atoms with E-state index in [0.717, 1.165) is 23.7 Å². The van der Waals surface area contributed by atoms with E-state index in [1.807, 2.05) is 0 Å². The fourth-order valence-electron chi connectivity index (χ4n) is 2.28. The van der Waals surface area contributed by atoms with Crippen LogP contribution in [0.1, 0.15) is 26.2 Å². The Morgan fingerprint density at radius 2 is 2.08 bits per heavy atom. The van der Waals surface area contributed by atoms with E-state index in [9.17, 15) is 0 Å². The summed E-state index contributed by atoms with van der Waals surface area (Å²) in [5, 5.41) is 0. The van der Waals surface area contributed by atoms with Gasteiger partial charge in [0, 0.05) is 6.54 Å². The Kier molecular flexibility index (Phi) is 1.99. The van der Waals surface area contributed by atoms with Crippen molar-refractivity contribution in [3.63, 3.8) is 0 Å². The van der Waals surface area contributed by atoms with Gasteiger partial charge in [-0.3, -0.25) is 0 Å². The largest absolute Gasteiger partial charge is 0.327 e. The second-order valence-electron chi connectivity index (χ2n) is 4.67. The van der Waals surface area contributed by atoms with E-state index in [0.29, 0.717) is 6.54 Å². The minimum Gasteiger partial charge on any atom is -0.327 e. The Morgan fingerprint density at radius 3 is 2.58 bits per heavy atom.